The Labute approximate surface area is 253 Å². The average Bonchev–Trinajstić information content (AvgIpc) is 3.00. The largest absolute Gasteiger partial charge is 0.492 e. The molecule has 1 N–H and O–H groups in total. The molecule has 0 aliphatic heterocycles. The van der Waals surface area contributed by atoms with Gasteiger partial charge in [0.05, 0.1) is 17.2 Å². The topological polar surface area (TPSA) is 96.0 Å². The third kappa shape index (κ3) is 7.83. The molecule has 8 nitrogen and oxygen atoms in total. The van der Waals surface area contributed by atoms with E-state index in [1.165, 1.54) is 17.0 Å². The van der Waals surface area contributed by atoms with Crippen LogP contribution in [0.3, 0.4) is 0 Å². The van der Waals surface area contributed by atoms with Gasteiger partial charge in [-0.3, -0.25) is 13.9 Å². The zero-order chi connectivity index (χ0) is 30.1. The summed E-state index contributed by atoms with van der Waals surface area (Å²) in [5.41, 5.74) is 1.000. The molecule has 0 heterocycles. The molecule has 1 aliphatic rings. The highest BCUT2D eigenvalue weighted by Gasteiger charge is 2.34. The minimum Gasteiger partial charge on any atom is -0.492 e. The number of halogens is 1. The molecule has 1 fully saturated rings. The first-order valence-corrected chi connectivity index (χ1v) is 16.2. The SMILES string of the molecule is CCOc1ccccc1N(CC(=O)N(Cc1ccc(Cl)cc1)[C@H](C)C(=O)NC1CCCCC1)S(=O)(=O)c1ccccc1. The summed E-state index contributed by atoms with van der Waals surface area (Å²) >= 11 is 6.09. The summed E-state index contributed by atoms with van der Waals surface area (Å²) in [4.78, 5) is 29.1. The molecule has 2 amide bonds. The molecule has 0 saturated heterocycles. The fourth-order valence-corrected chi connectivity index (χ4v) is 6.68. The number of anilines is 1. The molecule has 3 aromatic rings. The molecule has 4 rings (SSSR count). The Bertz CT molecular complexity index is 1440. The minimum absolute atomic E-state index is 0.0384. The van der Waals surface area contributed by atoms with Crippen LogP contribution in [-0.2, 0) is 26.2 Å². The summed E-state index contributed by atoms with van der Waals surface area (Å²) in [6.45, 7) is 3.36. The number of ether oxygens (including phenoxy) is 1. The van der Waals surface area contributed by atoms with Crippen molar-refractivity contribution < 1.29 is 22.7 Å². The van der Waals surface area contributed by atoms with E-state index >= 15 is 0 Å². The molecule has 1 atom stereocenters. The van der Waals surface area contributed by atoms with Crippen molar-refractivity contribution in [1.29, 1.82) is 0 Å². The predicted octanol–water partition coefficient (Wildman–Crippen LogP) is 5.80. The van der Waals surface area contributed by atoms with Gasteiger partial charge in [0.15, 0.2) is 0 Å². The Morgan fingerprint density at radius 2 is 1.60 bits per heavy atom. The van der Waals surface area contributed by atoms with Crippen LogP contribution in [0.4, 0.5) is 5.69 Å². The second-order valence-corrected chi connectivity index (χ2v) is 12.7. The lowest BCUT2D eigenvalue weighted by Gasteiger charge is -2.33. The Hall–Kier alpha value is -3.56. The first-order chi connectivity index (χ1) is 20.2. The van der Waals surface area contributed by atoms with Gasteiger partial charge in [0, 0.05) is 17.6 Å². The zero-order valence-corrected chi connectivity index (χ0v) is 25.6. The van der Waals surface area contributed by atoms with Gasteiger partial charge in [-0.1, -0.05) is 73.3 Å². The number of hydrogen-bond acceptors (Lipinski definition) is 5. The molecule has 0 spiro atoms. The van der Waals surface area contributed by atoms with E-state index in [9.17, 15) is 18.0 Å². The maximum Gasteiger partial charge on any atom is 0.264 e. The number of sulfonamides is 1. The molecule has 0 radical (unpaired) electrons. The Morgan fingerprint density at radius 3 is 2.26 bits per heavy atom. The summed E-state index contributed by atoms with van der Waals surface area (Å²) in [6, 6.07) is 20.9. The molecule has 10 heteroatoms. The molecule has 0 unspecified atom stereocenters. The Kier molecular flexibility index (Phi) is 10.9. The number of rotatable bonds is 12. The summed E-state index contributed by atoms with van der Waals surface area (Å²) in [5, 5.41) is 3.66. The van der Waals surface area contributed by atoms with Crippen molar-refractivity contribution in [3.8, 4) is 5.75 Å². The van der Waals surface area contributed by atoms with Crippen LogP contribution in [0, 0.1) is 0 Å². The first-order valence-electron chi connectivity index (χ1n) is 14.3. The normalized spacial score (nSPS) is 14.5. The second-order valence-electron chi connectivity index (χ2n) is 10.4. The van der Waals surface area contributed by atoms with Crippen molar-refractivity contribution in [2.45, 2.75) is 69.5 Å². The van der Waals surface area contributed by atoms with Crippen molar-refractivity contribution in [2.24, 2.45) is 0 Å². The summed E-state index contributed by atoms with van der Waals surface area (Å²) in [5.74, 6) is -0.460. The molecule has 0 bridgehead atoms. The molecule has 224 valence electrons. The molecule has 3 aromatic carbocycles. The maximum absolute atomic E-state index is 14.2. The fraction of sp³-hybridized carbons (Fsp3) is 0.375. The van der Waals surface area contributed by atoms with E-state index in [0.29, 0.717) is 17.4 Å². The van der Waals surface area contributed by atoms with Crippen LogP contribution in [0.5, 0.6) is 5.75 Å². The van der Waals surface area contributed by atoms with Gasteiger partial charge >= 0.3 is 0 Å². The standard InChI is InChI=1S/C32H38ClN3O5S/c1-3-41-30-17-11-10-16-29(30)36(42(39,40)28-14-8-5-9-15-28)23-31(37)35(22-25-18-20-26(33)21-19-25)24(2)32(38)34-27-12-6-4-7-13-27/h5,8-11,14-21,24,27H,3-4,6-7,12-13,22-23H2,1-2H3,(H,34,38)/t24-/m1/s1. The lowest BCUT2D eigenvalue weighted by molar-refractivity contribution is -0.139. The monoisotopic (exact) mass is 611 g/mol. The van der Waals surface area contributed by atoms with Crippen LogP contribution in [0.2, 0.25) is 5.02 Å². The molecule has 1 saturated carbocycles. The average molecular weight is 612 g/mol. The predicted molar refractivity (Wildman–Crippen MR) is 165 cm³/mol. The minimum atomic E-state index is -4.18. The molecule has 1 aliphatic carbocycles. The van der Waals surface area contributed by atoms with Gasteiger partial charge in [0.1, 0.15) is 18.3 Å². The van der Waals surface area contributed by atoms with Crippen LogP contribution in [-0.4, -0.2) is 50.4 Å². The van der Waals surface area contributed by atoms with Crippen LogP contribution >= 0.6 is 11.6 Å². The smallest absolute Gasteiger partial charge is 0.264 e. The van der Waals surface area contributed by atoms with Gasteiger partial charge in [0.25, 0.3) is 10.0 Å². The number of benzene rings is 3. The van der Waals surface area contributed by atoms with Gasteiger partial charge in [-0.15, -0.1) is 0 Å². The van der Waals surface area contributed by atoms with E-state index in [2.05, 4.69) is 5.32 Å². The highest BCUT2D eigenvalue weighted by molar-refractivity contribution is 7.92. The van der Waals surface area contributed by atoms with Gasteiger partial charge in [-0.05, 0) is 68.7 Å². The fourth-order valence-electron chi connectivity index (χ4n) is 5.11. The summed E-state index contributed by atoms with van der Waals surface area (Å²) in [7, 11) is -4.18. The first kappa shape index (κ1) is 31.4. The second kappa shape index (κ2) is 14.6. The molecule has 42 heavy (non-hydrogen) atoms. The van der Waals surface area contributed by atoms with E-state index in [1.54, 1.807) is 80.6 Å². The van der Waals surface area contributed by atoms with Crippen LogP contribution in [0.25, 0.3) is 0 Å². The van der Waals surface area contributed by atoms with Crippen molar-refractivity contribution >= 4 is 39.1 Å². The lowest BCUT2D eigenvalue weighted by atomic mass is 9.95. The Balaban J connectivity index is 1.70. The van der Waals surface area contributed by atoms with E-state index in [0.717, 1.165) is 42.0 Å². The van der Waals surface area contributed by atoms with Gasteiger partial charge in [0.2, 0.25) is 11.8 Å². The van der Waals surface area contributed by atoms with Crippen molar-refractivity contribution in [3.05, 3.63) is 89.4 Å². The van der Waals surface area contributed by atoms with E-state index in [1.807, 2.05) is 0 Å². The number of carbonyl (C=O) groups excluding carboxylic acids is 2. The van der Waals surface area contributed by atoms with Crippen LogP contribution < -0.4 is 14.4 Å². The molecule has 0 aromatic heterocycles. The Morgan fingerprint density at radius 1 is 0.952 bits per heavy atom. The van der Waals surface area contributed by atoms with Crippen LogP contribution in [0.1, 0.15) is 51.5 Å². The van der Waals surface area contributed by atoms with E-state index in [4.69, 9.17) is 16.3 Å². The van der Waals surface area contributed by atoms with Crippen LogP contribution in [0.15, 0.2) is 83.8 Å². The third-order valence-corrected chi connectivity index (χ3v) is 9.45. The number of nitrogens with one attached hydrogen (secondary N) is 1. The van der Waals surface area contributed by atoms with Crippen molar-refractivity contribution in [1.82, 2.24) is 10.2 Å². The van der Waals surface area contributed by atoms with E-state index < -0.39 is 28.5 Å². The third-order valence-electron chi connectivity index (χ3n) is 7.43. The van der Waals surface area contributed by atoms with Crippen molar-refractivity contribution in [2.75, 3.05) is 17.5 Å². The highest BCUT2D eigenvalue weighted by atomic mass is 35.5. The zero-order valence-electron chi connectivity index (χ0n) is 24.0. The molecular formula is C32H38ClN3O5S. The number of hydrogen-bond donors (Lipinski definition) is 1. The highest BCUT2D eigenvalue weighted by Crippen LogP contribution is 2.33. The summed E-state index contributed by atoms with van der Waals surface area (Å²) in [6.07, 6.45) is 5.07. The summed E-state index contributed by atoms with van der Waals surface area (Å²) < 4.78 is 34.9. The lowest BCUT2D eigenvalue weighted by Crippen LogP contribution is -2.53. The van der Waals surface area contributed by atoms with E-state index in [-0.39, 0.29) is 29.1 Å². The number of carbonyl (C=O) groups is 2. The number of nitrogens with zero attached hydrogens (tertiary/aromatic N) is 2. The quantitative estimate of drug-likeness (QED) is 0.279. The van der Waals surface area contributed by atoms with Gasteiger partial charge in [-0.2, -0.15) is 0 Å². The maximum atomic E-state index is 14.2. The molecular weight excluding hydrogens is 574 g/mol. The van der Waals surface area contributed by atoms with Crippen molar-refractivity contribution in [3.63, 3.8) is 0 Å². The van der Waals surface area contributed by atoms with Gasteiger partial charge < -0.3 is 15.0 Å². The number of para-hydroxylation sites is 2. The number of amides is 2. The van der Waals surface area contributed by atoms with Gasteiger partial charge in [-0.25, -0.2) is 8.42 Å².